The van der Waals surface area contributed by atoms with Gasteiger partial charge in [0.1, 0.15) is 0 Å². The van der Waals surface area contributed by atoms with Gasteiger partial charge in [-0.05, 0) is 56.0 Å². The predicted molar refractivity (Wildman–Crippen MR) is 66.5 cm³/mol. The minimum Gasteiger partial charge on any atom is -0.396 e. The maximum atomic E-state index is 8.84. The van der Waals surface area contributed by atoms with Gasteiger partial charge >= 0.3 is 0 Å². The maximum absolute atomic E-state index is 8.84. The van der Waals surface area contributed by atoms with E-state index in [-0.39, 0.29) is 6.61 Å². The fourth-order valence-corrected chi connectivity index (χ4v) is 2.42. The largest absolute Gasteiger partial charge is 0.396 e. The highest BCUT2D eigenvalue weighted by molar-refractivity contribution is 5.33. The number of aliphatic hydroxyl groups is 1. The molecule has 1 aromatic carbocycles. The lowest BCUT2D eigenvalue weighted by Crippen LogP contribution is -2.17. The molecule has 0 aliphatic carbocycles. The average molecular weight is 219 g/mol. The van der Waals surface area contributed by atoms with Gasteiger partial charge in [0.05, 0.1) is 0 Å². The van der Waals surface area contributed by atoms with Crippen molar-refractivity contribution >= 4 is 0 Å². The van der Waals surface area contributed by atoms with Crippen molar-refractivity contribution in [3.05, 3.63) is 34.9 Å². The molecule has 0 fully saturated rings. The minimum absolute atomic E-state index is 0.289. The van der Waals surface area contributed by atoms with E-state index in [1.807, 2.05) is 0 Å². The van der Waals surface area contributed by atoms with E-state index in [4.69, 9.17) is 5.11 Å². The quantitative estimate of drug-likeness (QED) is 0.840. The molecular weight excluding hydrogens is 198 g/mol. The summed E-state index contributed by atoms with van der Waals surface area (Å²) < 4.78 is 0. The molecule has 1 aliphatic rings. The third-order valence-electron chi connectivity index (χ3n) is 3.32. The molecule has 0 spiro atoms. The van der Waals surface area contributed by atoms with Crippen LogP contribution in [-0.4, -0.2) is 30.2 Å². The molecule has 1 aliphatic heterocycles. The molecule has 2 nitrogen and oxygen atoms in total. The first-order valence-electron chi connectivity index (χ1n) is 6.19. The van der Waals surface area contributed by atoms with Gasteiger partial charge in [0.2, 0.25) is 0 Å². The molecule has 0 saturated heterocycles. The van der Waals surface area contributed by atoms with Gasteiger partial charge in [0.25, 0.3) is 0 Å². The molecule has 2 heteroatoms. The number of hydrogen-bond acceptors (Lipinski definition) is 2. The second-order valence-electron chi connectivity index (χ2n) is 4.77. The van der Waals surface area contributed by atoms with Crippen LogP contribution in [0.4, 0.5) is 0 Å². The van der Waals surface area contributed by atoms with E-state index >= 15 is 0 Å². The Morgan fingerprint density at radius 2 is 2.19 bits per heavy atom. The molecule has 0 saturated carbocycles. The summed E-state index contributed by atoms with van der Waals surface area (Å²) in [6.45, 7) is 2.56. The second-order valence-corrected chi connectivity index (χ2v) is 4.77. The number of fused-ring (bicyclic) bond motifs is 1. The normalized spacial score (nSPS) is 16.9. The van der Waals surface area contributed by atoms with Crippen LogP contribution >= 0.6 is 0 Å². The lowest BCUT2D eigenvalue weighted by molar-refractivity contribution is 0.288. The molecule has 1 heterocycles. The van der Waals surface area contributed by atoms with Gasteiger partial charge in [-0.15, -0.1) is 0 Å². The van der Waals surface area contributed by atoms with E-state index in [0.717, 1.165) is 19.4 Å². The molecule has 0 bridgehead atoms. The van der Waals surface area contributed by atoms with Crippen molar-refractivity contribution in [2.45, 2.75) is 32.2 Å². The summed E-state index contributed by atoms with van der Waals surface area (Å²) in [4.78, 5) is 2.39. The lowest BCUT2D eigenvalue weighted by atomic mass is 9.99. The van der Waals surface area contributed by atoms with Crippen LogP contribution in [-0.2, 0) is 19.4 Å². The Kier molecular flexibility index (Phi) is 3.97. The smallest absolute Gasteiger partial charge is 0.0434 e. The van der Waals surface area contributed by atoms with Crippen LogP contribution in [0.2, 0.25) is 0 Å². The van der Waals surface area contributed by atoms with Gasteiger partial charge in [-0.25, -0.2) is 0 Å². The van der Waals surface area contributed by atoms with Crippen molar-refractivity contribution in [1.82, 2.24) is 4.90 Å². The highest BCUT2D eigenvalue weighted by atomic mass is 16.2. The van der Waals surface area contributed by atoms with E-state index < -0.39 is 0 Å². The van der Waals surface area contributed by atoms with Crippen LogP contribution < -0.4 is 0 Å². The van der Waals surface area contributed by atoms with Crippen LogP contribution in [0.15, 0.2) is 18.2 Å². The fraction of sp³-hybridized carbons (Fsp3) is 0.571. The Morgan fingerprint density at radius 3 is 3.00 bits per heavy atom. The Bertz CT molecular complexity index is 349. The highest BCUT2D eigenvalue weighted by Gasteiger charge is 2.11. The number of aryl methyl sites for hydroxylation is 2. The van der Waals surface area contributed by atoms with Gasteiger partial charge in [-0.3, -0.25) is 0 Å². The summed E-state index contributed by atoms with van der Waals surface area (Å²) >= 11 is 0. The molecule has 88 valence electrons. The van der Waals surface area contributed by atoms with Crippen LogP contribution in [0.1, 0.15) is 29.5 Å². The molecule has 0 aromatic heterocycles. The Hall–Kier alpha value is -0.860. The first-order chi connectivity index (χ1) is 7.79. The molecule has 0 unspecified atom stereocenters. The molecule has 0 radical (unpaired) electrons. The molecule has 1 aromatic rings. The van der Waals surface area contributed by atoms with Gasteiger partial charge < -0.3 is 10.0 Å². The van der Waals surface area contributed by atoms with Gasteiger partial charge in [0, 0.05) is 13.2 Å². The SMILES string of the molecule is CN1CCCc2ccc(CCCO)cc2C1. The molecular formula is C14H21NO. The minimum atomic E-state index is 0.289. The van der Waals surface area contributed by atoms with E-state index in [2.05, 4.69) is 30.1 Å². The molecule has 1 N–H and O–H groups in total. The van der Waals surface area contributed by atoms with Crippen molar-refractivity contribution < 1.29 is 5.11 Å². The van der Waals surface area contributed by atoms with Gasteiger partial charge in [-0.1, -0.05) is 18.2 Å². The zero-order chi connectivity index (χ0) is 11.4. The van der Waals surface area contributed by atoms with Crippen molar-refractivity contribution in [3.8, 4) is 0 Å². The third-order valence-corrected chi connectivity index (χ3v) is 3.32. The summed E-state index contributed by atoms with van der Waals surface area (Å²) in [7, 11) is 2.19. The average Bonchev–Trinajstić information content (AvgIpc) is 2.46. The topological polar surface area (TPSA) is 23.5 Å². The van der Waals surface area contributed by atoms with Crippen molar-refractivity contribution in [2.24, 2.45) is 0 Å². The Morgan fingerprint density at radius 1 is 1.31 bits per heavy atom. The Labute approximate surface area is 97.9 Å². The number of nitrogens with zero attached hydrogens (tertiary/aromatic N) is 1. The van der Waals surface area contributed by atoms with Crippen molar-refractivity contribution in [1.29, 1.82) is 0 Å². The lowest BCUT2D eigenvalue weighted by Gasteiger charge is -2.14. The van der Waals surface area contributed by atoms with Crippen LogP contribution in [0.3, 0.4) is 0 Å². The first kappa shape index (κ1) is 11.6. The van der Waals surface area contributed by atoms with Crippen molar-refractivity contribution in [3.63, 3.8) is 0 Å². The Balaban J connectivity index is 2.16. The van der Waals surface area contributed by atoms with Crippen molar-refractivity contribution in [2.75, 3.05) is 20.2 Å². The standard InChI is InChI=1S/C14H21NO/c1-15-8-2-5-13-7-6-12(4-3-9-16)10-14(13)11-15/h6-7,10,16H,2-5,8-9,11H2,1H3. The number of hydrogen-bond donors (Lipinski definition) is 1. The summed E-state index contributed by atoms with van der Waals surface area (Å²) in [5, 5.41) is 8.84. The molecule has 0 atom stereocenters. The molecule has 16 heavy (non-hydrogen) atoms. The summed E-state index contributed by atoms with van der Waals surface area (Å²) in [6, 6.07) is 6.83. The monoisotopic (exact) mass is 219 g/mol. The number of benzene rings is 1. The van der Waals surface area contributed by atoms with E-state index in [9.17, 15) is 0 Å². The van der Waals surface area contributed by atoms with E-state index in [1.165, 1.54) is 36.1 Å². The maximum Gasteiger partial charge on any atom is 0.0434 e. The zero-order valence-electron chi connectivity index (χ0n) is 10.1. The van der Waals surface area contributed by atoms with Crippen LogP contribution in [0, 0.1) is 0 Å². The van der Waals surface area contributed by atoms with E-state index in [1.54, 1.807) is 0 Å². The fourth-order valence-electron chi connectivity index (χ4n) is 2.42. The first-order valence-corrected chi connectivity index (χ1v) is 6.19. The highest BCUT2D eigenvalue weighted by Crippen LogP contribution is 2.20. The second kappa shape index (κ2) is 5.46. The summed E-state index contributed by atoms with van der Waals surface area (Å²) in [5.74, 6) is 0. The summed E-state index contributed by atoms with van der Waals surface area (Å²) in [6.07, 6.45) is 4.33. The zero-order valence-corrected chi connectivity index (χ0v) is 10.1. The van der Waals surface area contributed by atoms with Gasteiger partial charge in [0.15, 0.2) is 0 Å². The number of aliphatic hydroxyl groups excluding tert-OH is 1. The number of rotatable bonds is 3. The predicted octanol–water partition coefficient (Wildman–Crippen LogP) is 1.99. The molecule has 2 rings (SSSR count). The van der Waals surface area contributed by atoms with Gasteiger partial charge in [-0.2, -0.15) is 0 Å². The van der Waals surface area contributed by atoms with Crippen LogP contribution in [0.25, 0.3) is 0 Å². The molecule has 0 amide bonds. The third kappa shape index (κ3) is 2.83. The van der Waals surface area contributed by atoms with Crippen LogP contribution in [0.5, 0.6) is 0 Å². The summed E-state index contributed by atoms with van der Waals surface area (Å²) in [5.41, 5.74) is 4.36. The van der Waals surface area contributed by atoms with E-state index in [0.29, 0.717) is 0 Å².